The third-order valence-corrected chi connectivity index (χ3v) is 1.89. The smallest absolute Gasteiger partial charge is 0.116 e. The van der Waals surface area contributed by atoms with Crippen LogP contribution in [-0.4, -0.2) is 27.3 Å². The van der Waals surface area contributed by atoms with Crippen LogP contribution in [0.3, 0.4) is 0 Å². The molecule has 3 N–H and O–H groups in total. The first kappa shape index (κ1) is 8.43. The first-order valence-corrected chi connectivity index (χ1v) is 3.65. The van der Waals surface area contributed by atoms with Gasteiger partial charge in [0.2, 0.25) is 0 Å². The maximum absolute atomic E-state index is 9.19. The standard InChI is InChI=1S/C7H9ClO3/c8-6-2-5(10)1-4(3-9)7(6)11/h1,6,9-11H,2-3H2. The summed E-state index contributed by atoms with van der Waals surface area (Å²) in [6.45, 7) is -0.306. The first-order valence-electron chi connectivity index (χ1n) is 3.21. The van der Waals surface area contributed by atoms with E-state index in [0.717, 1.165) is 0 Å². The molecule has 0 saturated carbocycles. The van der Waals surface area contributed by atoms with Gasteiger partial charge in [-0.15, -0.1) is 11.6 Å². The summed E-state index contributed by atoms with van der Waals surface area (Å²) >= 11 is 5.62. The number of alkyl halides is 1. The van der Waals surface area contributed by atoms with E-state index < -0.39 is 5.38 Å². The van der Waals surface area contributed by atoms with Gasteiger partial charge in [-0.05, 0) is 6.08 Å². The Labute approximate surface area is 69.2 Å². The molecule has 0 heterocycles. The Hall–Kier alpha value is -0.670. The molecule has 0 bridgehead atoms. The molecule has 0 fully saturated rings. The van der Waals surface area contributed by atoms with Crippen LogP contribution in [-0.2, 0) is 0 Å². The van der Waals surface area contributed by atoms with Crippen molar-refractivity contribution in [2.45, 2.75) is 11.8 Å². The van der Waals surface area contributed by atoms with Gasteiger partial charge in [0.05, 0.1) is 17.7 Å². The van der Waals surface area contributed by atoms with Crippen LogP contribution < -0.4 is 0 Å². The molecule has 0 radical (unpaired) electrons. The van der Waals surface area contributed by atoms with Gasteiger partial charge in [0.15, 0.2) is 0 Å². The Kier molecular flexibility index (Phi) is 2.42. The van der Waals surface area contributed by atoms with Crippen molar-refractivity contribution in [2.75, 3.05) is 6.61 Å². The highest BCUT2D eigenvalue weighted by Gasteiger charge is 2.20. The Balaban J connectivity index is 2.92. The summed E-state index contributed by atoms with van der Waals surface area (Å²) < 4.78 is 0. The van der Waals surface area contributed by atoms with E-state index >= 15 is 0 Å². The van der Waals surface area contributed by atoms with E-state index in [2.05, 4.69) is 0 Å². The molecule has 3 nitrogen and oxygen atoms in total. The van der Waals surface area contributed by atoms with E-state index in [0.29, 0.717) is 0 Å². The van der Waals surface area contributed by atoms with E-state index in [1.165, 1.54) is 6.08 Å². The predicted octanol–water partition coefficient (Wildman–Crippen LogP) is 1.24. The van der Waals surface area contributed by atoms with Crippen LogP contribution in [0.5, 0.6) is 0 Å². The van der Waals surface area contributed by atoms with E-state index in [9.17, 15) is 5.11 Å². The zero-order valence-electron chi connectivity index (χ0n) is 5.79. The Bertz CT molecular complexity index is 220. The van der Waals surface area contributed by atoms with Crippen molar-refractivity contribution in [1.82, 2.24) is 0 Å². The molecule has 4 heteroatoms. The molecule has 0 aromatic heterocycles. The van der Waals surface area contributed by atoms with Crippen molar-refractivity contribution in [3.05, 3.63) is 23.2 Å². The van der Waals surface area contributed by atoms with Gasteiger partial charge in [0, 0.05) is 12.0 Å². The fourth-order valence-electron chi connectivity index (χ4n) is 0.942. The lowest BCUT2D eigenvalue weighted by Gasteiger charge is -2.16. The minimum Gasteiger partial charge on any atom is -0.512 e. The van der Waals surface area contributed by atoms with E-state index in [1.807, 2.05) is 0 Å². The number of aliphatic hydroxyl groups is 3. The van der Waals surface area contributed by atoms with Crippen LogP contribution in [0.2, 0.25) is 0 Å². The molecule has 0 aromatic carbocycles. The van der Waals surface area contributed by atoms with Crippen molar-refractivity contribution in [3.8, 4) is 0 Å². The zero-order valence-corrected chi connectivity index (χ0v) is 6.54. The molecule has 1 unspecified atom stereocenters. The molecule has 0 spiro atoms. The lowest BCUT2D eigenvalue weighted by Crippen LogP contribution is -2.13. The molecule has 0 amide bonds. The Morgan fingerprint density at radius 3 is 2.73 bits per heavy atom. The van der Waals surface area contributed by atoms with Gasteiger partial charge in [0.25, 0.3) is 0 Å². The second kappa shape index (κ2) is 3.15. The van der Waals surface area contributed by atoms with Crippen LogP contribution in [0.1, 0.15) is 6.42 Å². The number of hydrogen-bond acceptors (Lipinski definition) is 3. The lowest BCUT2D eigenvalue weighted by molar-refractivity contribution is 0.299. The van der Waals surface area contributed by atoms with Crippen molar-refractivity contribution in [2.24, 2.45) is 0 Å². The third-order valence-electron chi connectivity index (χ3n) is 1.53. The van der Waals surface area contributed by atoms with Crippen LogP contribution in [0, 0.1) is 0 Å². The molecule has 1 rings (SSSR count). The highest BCUT2D eigenvalue weighted by Crippen LogP contribution is 2.24. The maximum Gasteiger partial charge on any atom is 0.116 e. The normalized spacial score (nSPS) is 25.3. The van der Waals surface area contributed by atoms with E-state index in [-0.39, 0.29) is 30.1 Å². The average Bonchev–Trinajstić information content (AvgIpc) is 1.96. The predicted molar refractivity (Wildman–Crippen MR) is 41.7 cm³/mol. The van der Waals surface area contributed by atoms with Crippen molar-refractivity contribution in [3.63, 3.8) is 0 Å². The number of hydrogen-bond donors (Lipinski definition) is 3. The van der Waals surface area contributed by atoms with Gasteiger partial charge in [0.1, 0.15) is 5.76 Å². The summed E-state index contributed by atoms with van der Waals surface area (Å²) in [5.41, 5.74) is 0.286. The quantitative estimate of drug-likeness (QED) is 0.527. The fourth-order valence-corrected chi connectivity index (χ4v) is 1.24. The van der Waals surface area contributed by atoms with Gasteiger partial charge in [-0.3, -0.25) is 0 Å². The topological polar surface area (TPSA) is 60.7 Å². The Morgan fingerprint density at radius 2 is 2.18 bits per heavy atom. The minimum atomic E-state index is -0.609. The first-order chi connectivity index (χ1) is 5.15. The van der Waals surface area contributed by atoms with Crippen molar-refractivity contribution >= 4 is 11.6 Å². The van der Waals surface area contributed by atoms with E-state index in [1.54, 1.807) is 0 Å². The highest BCUT2D eigenvalue weighted by atomic mass is 35.5. The second-order valence-corrected chi connectivity index (χ2v) is 2.90. The SMILES string of the molecule is OCC1=C(O)C(Cl)CC(O)=C1. The van der Waals surface area contributed by atoms with Gasteiger partial charge in [-0.2, -0.15) is 0 Å². The van der Waals surface area contributed by atoms with Crippen LogP contribution in [0.25, 0.3) is 0 Å². The fraction of sp³-hybridized carbons (Fsp3) is 0.429. The molecule has 1 atom stereocenters. The molecule has 0 aromatic rings. The van der Waals surface area contributed by atoms with Crippen molar-refractivity contribution in [1.29, 1.82) is 0 Å². The monoisotopic (exact) mass is 176 g/mol. The summed E-state index contributed by atoms with van der Waals surface area (Å²) in [4.78, 5) is 0. The van der Waals surface area contributed by atoms with Crippen LogP contribution in [0.4, 0.5) is 0 Å². The molecule has 1 aliphatic carbocycles. The highest BCUT2D eigenvalue weighted by molar-refractivity contribution is 6.22. The number of aliphatic hydroxyl groups excluding tert-OH is 3. The molecule has 0 saturated heterocycles. The molecule has 1 aliphatic rings. The molecular formula is C7H9ClO3. The van der Waals surface area contributed by atoms with Crippen LogP contribution >= 0.6 is 11.6 Å². The largest absolute Gasteiger partial charge is 0.512 e. The second-order valence-electron chi connectivity index (χ2n) is 2.38. The van der Waals surface area contributed by atoms with Crippen molar-refractivity contribution < 1.29 is 15.3 Å². The zero-order chi connectivity index (χ0) is 8.43. The third kappa shape index (κ3) is 1.67. The lowest BCUT2D eigenvalue weighted by atomic mass is 10.0. The summed E-state index contributed by atoms with van der Waals surface area (Å²) in [6.07, 6.45) is 1.55. The van der Waals surface area contributed by atoms with Gasteiger partial charge >= 0.3 is 0 Å². The number of rotatable bonds is 1. The van der Waals surface area contributed by atoms with Gasteiger partial charge in [-0.25, -0.2) is 0 Å². The maximum atomic E-state index is 9.19. The summed E-state index contributed by atoms with van der Waals surface area (Å²) in [7, 11) is 0. The molecule has 11 heavy (non-hydrogen) atoms. The van der Waals surface area contributed by atoms with Gasteiger partial charge < -0.3 is 15.3 Å². The minimum absolute atomic E-state index is 0.0491. The van der Waals surface area contributed by atoms with Crippen LogP contribution in [0.15, 0.2) is 23.2 Å². The molecular weight excluding hydrogens is 168 g/mol. The summed E-state index contributed by atoms with van der Waals surface area (Å²) in [5.74, 6) is 0.0406. The number of halogens is 1. The summed E-state index contributed by atoms with van der Waals surface area (Å²) in [5, 5.41) is 26.3. The molecule has 0 aliphatic heterocycles. The Morgan fingerprint density at radius 1 is 1.55 bits per heavy atom. The average molecular weight is 177 g/mol. The van der Waals surface area contributed by atoms with E-state index in [4.69, 9.17) is 21.8 Å². The number of allylic oxidation sites excluding steroid dienone is 2. The molecule has 62 valence electrons. The van der Waals surface area contributed by atoms with Gasteiger partial charge in [-0.1, -0.05) is 0 Å². The summed E-state index contributed by atoms with van der Waals surface area (Å²) in [6, 6.07) is 0.